The third kappa shape index (κ3) is 3.19. The molecule has 0 saturated heterocycles. The van der Waals surface area contributed by atoms with E-state index in [0.717, 1.165) is 18.2 Å². The molecule has 1 amide bonds. The van der Waals surface area contributed by atoms with E-state index in [1.165, 1.54) is 24.3 Å². The van der Waals surface area contributed by atoms with Crippen LogP contribution in [-0.2, 0) is 0 Å². The molecule has 0 spiro atoms. The smallest absolute Gasteiger partial charge is 0.295 e. The topological polar surface area (TPSA) is 96.0 Å². The van der Waals surface area contributed by atoms with Crippen LogP contribution in [0.1, 0.15) is 15.9 Å². The van der Waals surface area contributed by atoms with E-state index in [-0.39, 0.29) is 11.3 Å². The molecule has 0 atom stereocenters. The van der Waals surface area contributed by atoms with Crippen LogP contribution in [0.2, 0.25) is 0 Å². The van der Waals surface area contributed by atoms with Crippen LogP contribution in [0.5, 0.6) is 0 Å². The average molecular weight is 285 g/mol. The molecule has 0 aliphatic heterocycles. The number of nitrogens with zero attached hydrogens (tertiary/aromatic N) is 2. The summed E-state index contributed by atoms with van der Waals surface area (Å²) in [6.07, 6.45) is 0. The number of carbonyl (C=O) groups excluding carboxylic acids is 1. The van der Waals surface area contributed by atoms with Crippen LogP contribution >= 0.6 is 0 Å². The van der Waals surface area contributed by atoms with Gasteiger partial charge in [-0.1, -0.05) is 0 Å². The summed E-state index contributed by atoms with van der Waals surface area (Å²) in [6.45, 7) is 0. The van der Waals surface area contributed by atoms with Crippen LogP contribution in [0.15, 0.2) is 42.5 Å². The number of nitriles is 1. The summed E-state index contributed by atoms with van der Waals surface area (Å²) in [4.78, 5) is 22.0. The first-order valence-corrected chi connectivity index (χ1v) is 5.76. The quantitative estimate of drug-likeness (QED) is 0.692. The molecule has 0 saturated carbocycles. The second-order valence-electron chi connectivity index (χ2n) is 4.06. The molecule has 0 fully saturated rings. The minimum absolute atomic E-state index is 0.101. The summed E-state index contributed by atoms with van der Waals surface area (Å²) in [5.74, 6) is -1.35. The normalized spacial score (nSPS) is 9.71. The van der Waals surface area contributed by atoms with E-state index in [9.17, 15) is 19.3 Å². The molecule has 0 radical (unpaired) electrons. The van der Waals surface area contributed by atoms with Gasteiger partial charge in [-0.15, -0.1) is 0 Å². The molecule has 2 rings (SSSR count). The van der Waals surface area contributed by atoms with Crippen molar-refractivity contribution in [1.82, 2.24) is 0 Å². The number of carbonyl (C=O) groups is 1. The lowest BCUT2D eigenvalue weighted by atomic mass is 10.1. The monoisotopic (exact) mass is 285 g/mol. The van der Waals surface area contributed by atoms with E-state index in [0.29, 0.717) is 5.56 Å². The summed E-state index contributed by atoms with van der Waals surface area (Å²) in [7, 11) is 0. The van der Waals surface area contributed by atoms with Crippen molar-refractivity contribution in [3.63, 3.8) is 0 Å². The minimum Gasteiger partial charge on any atom is -0.316 e. The molecule has 0 aromatic heterocycles. The molecule has 0 aliphatic carbocycles. The Morgan fingerprint density at radius 3 is 2.48 bits per heavy atom. The zero-order valence-corrected chi connectivity index (χ0v) is 10.5. The Balaban J connectivity index is 2.27. The molecule has 0 heterocycles. The largest absolute Gasteiger partial charge is 0.316 e. The van der Waals surface area contributed by atoms with Crippen LogP contribution in [-0.4, -0.2) is 10.8 Å². The first-order valence-electron chi connectivity index (χ1n) is 5.76. The lowest BCUT2D eigenvalue weighted by Crippen LogP contribution is -2.13. The zero-order valence-electron chi connectivity index (χ0n) is 10.5. The third-order valence-electron chi connectivity index (χ3n) is 2.68. The number of hydrogen-bond acceptors (Lipinski definition) is 4. The molecule has 2 aromatic carbocycles. The summed E-state index contributed by atoms with van der Waals surface area (Å²) < 4.78 is 13.0. The number of amides is 1. The lowest BCUT2D eigenvalue weighted by Gasteiger charge is -2.06. The van der Waals surface area contributed by atoms with Gasteiger partial charge in [-0.05, 0) is 36.4 Å². The number of nitro groups is 1. The summed E-state index contributed by atoms with van der Waals surface area (Å²) >= 11 is 0. The fourth-order valence-electron chi connectivity index (χ4n) is 1.65. The fourth-order valence-corrected chi connectivity index (χ4v) is 1.65. The predicted octanol–water partition coefficient (Wildman–Crippen LogP) is 2.86. The molecule has 7 heteroatoms. The molecule has 0 bridgehead atoms. The van der Waals surface area contributed by atoms with E-state index in [4.69, 9.17) is 5.26 Å². The van der Waals surface area contributed by atoms with Gasteiger partial charge in [0.2, 0.25) is 0 Å². The molecule has 21 heavy (non-hydrogen) atoms. The van der Waals surface area contributed by atoms with Crippen molar-refractivity contribution in [2.24, 2.45) is 0 Å². The van der Waals surface area contributed by atoms with E-state index in [2.05, 4.69) is 5.32 Å². The fraction of sp³-hybridized carbons (Fsp3) is 0. The van der Waals surface area contributed by atoms with Crippen molar-refractivity contribution >= 4 is 17.3 Å². The van der Waals surface area contributed by atoms with Crippen LogP contribution in [0.3, 0.4) is 0 Å². The van der Waals surface area contributed by atoms with Gasteiger partial charge in [-0.2, -0.15) is 5.26 Å². The van der Waals surface area contributed by atoms with E-state index < -0.39 is 22.3 Å². The third-order valence-corrected chi connectivity index (χ3v) is 2.68. The highest BCUT2D eigenvalue weighted by Crippen LogP contribution is 2.25. The SMILES string of the molecule is N#Cc1ccc(C(=O)Nc2ccc(F)cc2[N+](=O)[O-])cc1. The highest BCUT2D eigenvalue weighted by Gasteiger charge is 2.17. The van der Waals surface area contributed by atoms with Crippen molar-refractivity contribution in [2.75, 3.05) is 5.32 Å². The Bertz CT molecular complexity index is 751. The second kappa shape index (κ2) is 5.79. The Kier molecular flexibility index (Phi) is 3.90. The number of hydrogen-bond donors (Lipinski definition) is 1. The van der Waals surface area contributed by atoms with Crippen LogP contribution in [0.4, 0.5) is 15.8 Å². The molecule has 2 aromatic rings. The standard InChI is InChI=1S/C14H8FN3O3/c15-11-5-6-12(13(7-11)18(20)21)17-14(19)10-3-1-9(8-16)2-4-10/h1-7H,(H,17,19). The van der Waals surface area contributed by atoms with Crippen molar-refractivity contribution < 1.29 is 14.1 Å². The van der Waals surface area contributed by atoms with Gasteiger partial charge < -0.3 is 5.32 Å². The number of nitro benzene ring substituents is 1. The first kappa shape index (κ1) is 14.1. The number of benzene rings is 2. The van der Waals surface area contributed by atoms with Gasteiger partial charge in [-0.25, -0.2) is 4.39 Å². The van der Waals surface area contributed by atoms with Gasteiger partial charge in [-0.3, -0.25) is 14.9 Å². The Hall–Kier alpha value is -3.27. The van der Waals surface area contributed by atoms with Gasteiger partial charge >= 0.3 is 0 Å². The van der Waals surface area contributed by atoms with Gasteiger partial charge in [0.15, 0.2) is 0 Å². The Labute approximate surface area is 118 Å². The number of halogens is 1. The average Bonchev–Trinajstić information content (AvgIpc) is 2.49. The van der Waals surface area contributed by atoms with Crippen molar-refractivity contribution in [3.8, 4) is 6.07 Å². The number of rotatable bonds is 3. The van der Waals surface area contributed by atoms with Gasteiger partial charge in [0, 0.05) is 5.56 Å². The van der Waals surface area contributed by atoms with Gasteiger partial charge in [0.1, 0.15) is 11.5 Å². The molecule has 104 valence electrons. The van der Waals surface area contributed by atoms with Crippen molar-refractivity contribution in [1.29, 1.82) is 5.26 Å². The highest BCUT2D eigenvalue weighted by molar-refractivity contribution is 6.05. The Morgan fingerprint density at radius 2 is 1.90 bits per heavy atom. The van der Waals surface area contributed by atoms with Gasteiger partial charge in [0.05, 0.1) is 22.6 Å². The summed E-state index contributed by atoms with van der Waals surface area (Å²) in [5.41, 5.74) is -0.0142. The molecule has 0 aliphatic rings. The van der Waals surface area contributed by atoms with E-state index in [1.807, 2.05) is 6.07 Å². The minimum atomic E-state index is -0.780. The molecule has 0 unspecified atom stereocenters. The summed E-state index contributed by atoms with van der Waals surface area (Å²) in [5, 5.41) is 21.8. The second-order valence-corrected chi connectivity index (χ2v) is 4.06. The first-order chi connectivity index (χ1) is 10.0. The number of nitrogens with one attached hydrogen (secondary N) is 1. The maximum Gasteiger partial charge on any atom is 0.295 e. The van der Waals surface area contributed by atoms with E-state index in [1.54, 1.807) is 0 Å². The van der Waals surface area contributed by atoms with Gasteiger partial charge in [0.25, 0.3) is 11.6 Å². The van der Waals surface area contributed by atoms with Crippen LogP contribution in [0.25, 0.3) is 0 Å². The van der Waals surface area contributed by atoms with Crippen LogP contribution < -0.4 is 5.32 Å². The van der Waals surface area contributed by atoms with Crippen molar-refractivity contribution in [3.05, 3.63) is 69.5 Å². The highest BCUT2D eigenvalue weighted by atomic mass is 19.1. The Morgan fingerprint density at radius 1 is 1.24 bits per heavy atom. The maximum absolute atomic E-state index is 13.0. The molecular formula is C14H8FN3O3. The summed E-state index contributed by atoms with van der Waals surface area (Å²) in [6, 6.07) is 10.5. The van der Waals surface area contributed by atoms with Crippen molar-refractivity contribution in [2.45, 2.75) is 0 Å². The predicted molar refractivity (Wildman–Crippen MR) is 72.2 cm³/mol. The molecule has 6 nitrogen and oxygen atoms in total. The maximum atomic E-state index is 13.0. The molecular weight excluding hydrogens is 277 g/mol. The van der Waals surface area contributed by atoms with Crippen LogP contribution in [0, 0.1) is 27.3 Å². The van der Waals surface area contributed by atoms with E-state index >= 15 is 0 Å². The lowest BCUT2D eigenvalue weighted by molar-refractivity contribution is -0.384. The zero-order chi connectivity index (χ0) is 15.4. The number of anilines is 1. The molecule has 1 N–H and O–H groups in total.